The lowest BCUT2D eigenvalue weighted by Crippen LogP contribution is -2.31. The first kappa shape index (κ1) is 22.0. The molecule has 0 fully saturated rings. The summed E-state index contributed by atoms with van der Waals surface area (Å²) in [4.78, 5) is 12.3. The minimum Gasteiger partial charge on any atom is -0.494 e. The van der Waals surface area contributed by atoms with Crippen LogP contribution in [0.15, 0.2) is 54.6 Å². The summed E-state index contributed by atoms with van der Waals surface area (Å²) in [5.41, 5.74) is 1.97. The van der Waals surface area contributed by atoms with Crippen LogP contribution in [0, 0.1) is 0 Å². The van der Waals surface area contributed by atoms with Crippen molar-refractivity contribution in [3.8, 4) is 5.75 Å². The van der Waals surface area contributed by atoms with E-state index in [1.54, 1.807) is 0 Å². The van der Waals surface area contributed by atoms with Crippen LogP contribution in [0.1, 0.15) is 64.0 Å². The molecule has 2 aromatic carbocycles. The lowest BCUT2D eigenvalue weighted by Gasteiger charge is -2.17. The number of hydrogen-bond donors (Lipinski definition) is 2. The van der Waals surface area contributed by atoms with Gasteiger partial charge in [0, 0.05) is 17.8 Å². The summed E-state index contributed by atoms with van der Waals surface area (Å²) in [6.07, 6.45) is 7.01. The molecule has 28 heavy (non-hydrogen) atoms. The van der Waals surface area contributed by atoms with Gasteiger partial charge in [0.25, 0.3) is 0 Å². The van der Waals surface area contributed by atoms with Gasteiger partial charge >= 0.3 is 0 Å². The van der Waals surface area contributed by atoms with Crippen LogP contribution in [0.4, 0.5) is 5.69 Å². The monoisotopic (exact) mass is 382 g/mol. The quantitative estimate of drug-likeness (QED) is 0.436. The van der Waals surface area contributed by atoms with Gasteiger partial charge in [-0.1, -0.05) is 75.9 Å². The Hall–Kier alpha value is -2.33. The summed E-state index contributed by atoms with van der Waals surface area (Å²) in [6, 6.07) is 18.0. The predicted octanol–water partition coefficient (Wildman–Crippen LogP) is 5.72. The van der Waals surface area contributed by atoms with Crippen LogP contribution in [0.5, 0.6) is 5.75 Å². The van der Waals surface area contributed by atoms with Crippen molar-refractivity contribution in [2.24, 2.45) is 0 Å². The van der Waals surface area contributed by atoms with Crippen molar-refractivity contribution >= 4 is 11.6 Å². The molecule has 0 saturated carbocycles. The van der Waals surface area contributed by atoms with Crippen LogP contribution < -0.4 is 15.4 Å². The maximum atomic E-state index is 12.3. The van der Waals surface area contributed by atoms with Crippen LogP contribution in [-0.2, 0) is 4.79 Å². The number of benzene rings is 2. The van der Waals surface area contributed by atoms with Gasteiger partial charge in [-0.15, -0.1) is 0 Å². The zero-order valence-electron chi connectivity index (χ0n) is 17.2. The summed E-state index contributed by atoms with van der Waals surface area (Å²) in [5.74, 6) is 0.753. The molecule has 0 heterocycles. The Morgan fingerprint density at radius 2 is 1.75 bits per heavy atom. The van der Waals surface area contributed by atoms with E-state index in [4.69, 9.17) is 4.74 Å². The van der Waals surface area contributed by atoms with Crippen molar-refractivity contribution < 1.29 is 9.53 Å². The van der Waals surface area contributed by atoms with Crippen LogP contribution in [0.25, 0.3) is 0 Å². The van der Waals surface area contributed by atoms with E-state index < -0.39 is 0 Å². The number of anilines is 1. The highest BCUT2D eigenvalue weighted by atomic mass is 16.5. The molecule has 0 saturated heterocycles. The van der Waals surface area contributed by atoms with E-state index >= 15 is 0 Å². The molecule has 152 valence electrons. The smallest absolute Gasteiger partial charge is 0.238 e. The van der Waals surface area contributed by atoms with Gasteiger partial charge in [0.2, 0.25) is 5.91 Å². The fourth-order valence-electron chi connectivity index (χ4n) is 3.16. The average molecular weight is 383 g/mol. The molecule has 1 atom stereocenters. The maximum absolute atomic E-state index is 12.3. The number of unbranched alkanes of at least 4 members (excludes halogenated alkanes) is 4. The van der Waals surface area contributed by atoms with Gasteiger partial charge in [0.15, 0.2) is 0 Å². The fourth-order valence-corrected chi connectivity index (χ4v) is 3.16. The number of amides is 1. The molecule has 1 amide bonds. The highest BCUT2D eigenvalue weighted by molar-refractivity contribution is 5.92. The standard InChI is InChI=1S/C24H34N2O2/c1-3-5-6-7-11-17-28-22-16-12-15-21(18-22)26-24(27)19-25-23(4-2)20-13-9-8-10-14-20/h8-10,12-16,18,23,25H,3-7,11,17,19H2,1-2H3,(H,26,27). The van der Waals surface area contributed by atoms with Crippen molar-refractivity contribution in [2.45, 2.75) is 58.4 Å². The molecule has 2 rings (SSSR count). The number of hydrogen-bond acceptors (Lipinski definition) is 3. The van der Waals surface area contributed by atoms with Crippen molar-refractivity contribution in [1.29, 1.82) is 0 Å². The minimum absolute atomic E-state index is 0.0499. The second kappa shape index (κ2) is 12.9. The summed E-state index contributed by atoms with van der Waals surface area (Å²) < 4.78 is 5.81. The Morgan fingerprint density at radius 3 is 2.50 bits per heavy atom. The van der Waals surface area contributed by atoms with Crippen LogP contribution in [0.3, 0.4) is 0 Å². The van der Waals surface area contributed by atoms with Gasteiger partial charge in [-0.05, 0) is 30.5 Å². The third kappa shape index (κ3) is 8.13. The molecule has 0 aliphatic carbocycles. The predicted molar refractivity (Wildman–Crippen MR) is 117 cm³/mol. The highest BCUT2D eigenvalue weighted by Gasteiger charge is 2.10. The molecular weight excluding hydrogens is 348 g/mol. The minimum atomic E-state index is -0.0499. The summed E-state index contributed by atoms with van der Waals surface area (Å²) in [5, 5.41) is 6.29. The molecule has 0 spiro atoms. The van der Waals surface area contributed by atoms with Gasteiger partial charge in [0.05, 0.1) is 13.2 Å². The molecule has 2 aromatic rings. The van der Waals surface area contributed by atoms with Crippen molar-refractivity contribution in [2.75, 3.05) is 18.5 Å². The number of carbonyl (C=O) groups excluding carboxylic acids is 1. The second-order valence-corrected chi connectivity index (χ2v) is 7.09. The third-order valence-corrected chi connectivity index (χ3v) is 4.75. The lowest BCUT2D eigenvalue weighted by atomic mass is 10.0. The Balaban J connectivity index is 1.75. The zero-order chi connectivity index (χ0) is 20.0. The first-order valence-electron chi connectivity index (χ1n) is 10.5. The van der Waals surface area contributed by atoms with E-state index in [0.29, 0.717) is 0 Å². The molecule has 2 N–H and O–H groups in total. The van der Waals surface area contributed by atoms with Crippen LogP contribution >= 0.6 is 0 Å². The number of ether oxygens (including phenoxy) is 1. The van der Waals surface area contributed by atoms with E-state index in [-0.39, 0.29) is 18.5 Å². The van der Waals surface area contributed by atoms with Gasteiger partial charge < -0.3 is 15.4 Å². The van der Waals surface area contributed by atoms with E-state index in [2.05, 4.69) is 36.6 Å². The van der Waals surface area contributed by atoms with Crippen LogP contribution in [0.2, 0.25) is 0 Å². The lowest BCUT2D eigenvalue weighted by molar-refractivity contribution is -0.115. The van der Waals surface area contributed by atoms with E-state index in [9.17, 15) is 4.79 Å². The van der Waals surface area contributed by atoms with E-state index in [0.717, 1.165) is 30.9 Å². The van der Waals surface area contributed by atoms with E-state index in [1.807, 2.05) is 42.5 Å². The van der Waals surface area contributed by atoms with Crippen molar-refractivity contribution in [3.63, 3.8) is 0 Å². The summed E-state index contributed by atoms with van der Waals surface area (Å²) >= 11 is 0. The van der Waals surface area contributed by atoms with Crippen LogP contribution in [-0.4, -0.2) is 19.1 Å². The van der Waals surface area contributed by atoms with Gasteiger partial charge in [-0.3, -0.25) is 4.79 Å². The summed E-state index contributed by atoms with van der Waals surface area (Å²) in [7, 11) is 0. The SMILES string of the molecule is CCCCCCCOc1cccc(NC(=O)CNC(CC)c2ccccc2)c1. The molecule has 0 aromatic heterocycles. The van der Waals surface area contributed by atoms with E-state index in [1.165, 1.54) is 31.2 Å². The van der Waals surface area contributed by atoms with Gasteiger partial charge in [-0.2, -0.15) is 0 Å². The number of nitrogens with one attached hydrogen (secondary N) is 2. The van der Waals surface area contributed by atoms with Gasteiger partial charge in [-0.25, -0.2) is 0 Å². The molecule has 0 bridgehead atoms. The molecule has 4 nitrogen and oxygen atoms in total. The highest BCUT2D eigenvalue weighted by Crippen LogP contribution is 2.18. The first-order valence-corrected chi connectivity index (χ1v) is 10.5. The van der Waals surface area contributed by atoms with Crippen molar-refractivity contribution in [1.82, 2.24) is 5.32 Å². The molecule has 1 unspecified atom stereocenters. The van der Waals surface area contributed by atoms with Gasteiger partial charge in [0.1, 0.15) is 5.75 Å². The van der Waals surface area contributed by atoms with Crippen molar-refractivity contribution in [3.05, 3.63) is 60.2 Å². The molecule has 0 radical (unpaired) electrons. The number of rotatable bonds is 13. The third-order valence-electron chi connectivity index (χ3n) is 4.75. The Bertz CT molecular complexity index is 688. The maximum Gasteiger partial charge on any atom is 0.238 e. The topological polar surface area (TPSA) is 50.4 Å². The molecular formula is C24H34N2O2. The largest absolute Gasteiger partial charge is 0.494 e. The number of carbonyl (C=O) groups is 1. The first-order chi connectivity index (χ1) is 13.7. The Morgan fingerprint density at radius 1 is 0.964 bits per heavy atom. The second-order valence-electron chi connectivity index (χ2n) is 7.09. The molecule has 0 aliphatic rings. The fraction of sp³-hybridized carbons (Fsp3) is 0.458. The normalized spacial score (nSPS) is 11.8. The molecule has 4 heteroatoms. The average Bonchev–Trinajstić information content (AvgIpc) is 2.72. The zero-order valence-corrected chi connectivity index (χ0v) is 17.2. The Kier molecular flexibility index (Phi) is 10.2. The molecule has 0 aliphatic heterocycles. The Labute approximate surface area is 169 Å². The summed E-state index contributed by atoms with van der Waals surface area (Å²) in [6.45, 7) is 5.33.